The van der Waals surface area contributed by atoms with Gasteiger partial charge in [-0.2, -0.15) is 0 Å². The molecular formula is C10H16N2O2. The fourth-order valence-corrected chi connectivity index (χ4v) is 1.91. The van der Waals surface area contributed by atoms with Gasteiger partial charge in [-0.05, 0) is 19.8 Å². The van der Waals surface area contributed by atoms with E-state index in [2.05, 4.69) is 16.5 Å². The minimum Gasteiger partial charge on any atom is -0.390 e. The van der Waals surface area contributed by atoms with Gasteiger partial charge in [0.15, 0.2) is 0 Å². The van der Waals surface area contributed by atoms with E-state index in [-0.39, 0.29) is 6.61 Å². The summed E-state index contributed by atoms with van der Waals surface area (Å²) in [5, 5.41) is 8.90. The molecule has 0 saturated carbocycles. The third-order valence-corrected chi connectivity index (χ3v) is 2.70. The van der Waals surface area contributed by atoms with Crippen molar-refractivity contribution in [1.29, 1.82) is 0 Å². The van der Waals surface area contributed by atoms with Crippen LogP contribution in [0.2, 0.25) is 0 Å². The molecule has 1 saturated heterocycles. The van der Waals surface area contributed by atoms with Gasteiger partial charge in [0.2, 0.25) is 0 Å². The molecule has 14 heavy (non-hydrogen) atoms. The van der Waals surface area contributed by atoms with Crippen molar-refractivity contribution in [2.75, 3.05) is 6.61 Å². The number of ether oxygens (including phenoxy) is 1. The fourth-order valence-electron chi connectivity index (χ4n) is 1.91. The van der Waals surface area contributed by atoms with Crippen LogP contribution < -0.4 is 0 Å². The quantitative estimate of drug-likeness (QED) is 0.771. The Kier molecular flexibility index (Phi) is 2.84. The fraction of sp³-hybridized carbons (Fsp3) is 0.700. The summed E-state index contributed by atoms with van der Waals surface area (Å²) < 4.78 is 7.57. The Morgan fingerprint density at radius 1 is 1.71 bits per heavy atom. The summed E-state index contributed by atoms with van der Waals surface area (Å²) in [5.74, 6) is 0. The molecule has 0 amide bonds. The summed E-state index contributed by atoms with van der Waals surface area (Å²) in [6.45, 7) is 2.93. The molecule has 1 N–H and O–H groups in total. The van der Waals surface area contributed by atoms with Crippen molar-refractivity contribution in [3.05, 3.63) is 18.2 Å². The molecule has 2 unspecified atom stereocenters. The number of hydrogen-bond donors (Lipinski definition) is 1. The van der Waals surface area contributed by atoms with Gasteiger partial charge in [-0.25, -0.2) is 4.98 Å². The maximum atomic E-state index is 8.90. The van der Waals surface area contributed by atoms with Gasteiger partial charge < -0.3 is 14.4 Å². The van der Waals surface area contributed by atoms with Gasteiger partial charge in [-0.1, -0.05) is 0 Å². The third kappa shape index (κ3) is 1.96. The lowest BCUT2D eigenvalue weighted by Crippen LogP contribution is -2.24. The van der Waals surface area contributed by atoms with Crippen LogP contribution in [0.5, 0.6) is 0 Å². The van der Waals surface area contributed by atoms with Crippen LogP contribution in [0.3, 0.4) is 0 Å². The number of nitrogens with zero attached hydrogens (tertiary/aromatic N) is 2. The highest BCUT2D eigenvalue weighted by molar-refractivity contribution is 4.96. The van der Waals surface area contributed by atoms with Gasteiger partial charge in [-0.3, -0.25) is 0 Å². The van der Waals surface area contributed by atoms with Crippen LogP contribution >= 0.6 is 0 Å². The molecule has 4 heteroatoms. The third-order valence-electron chi connectivity index (χ3n) is 2.70. The van der Waals surface area contributed by atoms with E-state index in [1.54, 1.807) is 6.33 Å². The maximum Gasteiger partial charge on any atom is 0.0953 e. The number of aromatic nitrogens is 2. The first-order valence-corrected chi connectivity index (χ1v) is 5.04. The van der Waals surface area contributed by atoms with Crippen LogP contribution in [0.15, 0.2) is 12.5 Å². The zero-order chi connectivity index (χ0) is 9.97. The Labute approximate surface area is 83.5 Å². The highest BCUT2D eigenvalue weighted by atomic mass is 16.5. The zero-order valence-corrected chi connectivity index (χ0v) is 8.39. The van der Waals surface area contributed by atoms with Crippen molar-refractivity contribution < 1.29 is 9.84 Å². The molecule has 0 aliphatic carbocycles. The normalized spacial score (nSPS) is 27.9. The molecule has 1 aromatic rings. The summed E-state index contributed by atoms with van der Waals surface area (Å²) >= 11 is 0. The molecule has 1 aliphatic heterocycles. The summed E-state index contributed by atoms with van der Waals surface area (Å²) in [4.78, 5) is 4.11. The van der Waals surface area contributed by atoms with E-state index >= 15 is 0 Å². The number of rotatable bonds is 2. The lowest BCUT2D eigenvalue weighted by atomic mass is 10.0. The van der Waals surface area contributed by atoms with E-state index in [0.717, 1.165) is 25.1 Å². The predicted molar refractivity (Wildman–Crippen MR) is 51.8 cm³/mol. The highest BCUT2D eigenvalue weighted by Crippen LogP contribution is 2.24. The van der Waals surface area contributed by atoms with Crippen molar-refractivity contribution in [2.45, 2.75) is 38.5 Å². The van der Waals surface area contributed by atoms with E-state index in [4.69, 9.17) is 9.84 Å². The first-order chi connectivity index (χ1) is 6.79. The first kappa shape index (κ1) is 9.68. The minimum absolute atomic E-state index is 0.0196. The molecule has 4 nitrogen and oxygen atoms in total. The largest absolute Gasteiger partial charge is 0.390 e. The Bertz CT molecular complexity index is 298. The lowest BCUT2D eigenvalue weighted by molar-refractivity contribution is 0.00591. The molecule has 1 aromatic heterocycles. The van der Waals surface area contributed by atoms with Crippen LogP contribution in [-0.2, 0) is 11.3 Å². The van der Waals surface area contributed by atoms with Crippen molar-refractivity contribution in [1.82, 2.24) is 9.55 Å². The predicted octanol–water partition coefficient (Wildman–Crippen LogP) is 1.12. The van der Waals surface area contributed by atoms with Gasteiger partial charge in [0.05, 0.1) is 24.7 Å². The maximum absolute atomic E-state index is 8.90. The highest BCUT2D eigenvalue weighted by Gasteiger charge is 2.20. The molecule has 2 atom stereocenters. The molecule has 0 radical (unpaired) electrons. The zero-order valence-electron chi connectivity index (χ0n) is 8.39. The Morgan fingerprint density at radius 3 is 3.21 bits per heavy atom. The van der Waals surface area contributed by atoms with Gasteiger partial charge in [0.25, 0.3) is 0 Å². The van der Waals surface area contributed by atoms with E-state index in [0.29, 0.717) is 12.1 Å². The average molecular weight is 196 g/mol. The van der Waals surface area contributed by atoms with Crippen LogP contribution in [0.4, 0.5) is 0 Å². The second-order valence-corrected chi connectivity index (χ2v) is 3.83. The molecular weight excluding hydrogens is 180 g/mol. The van der Waals surface area contributed by atoms with Gasteiger partial charge in [0.1, 0.15) is 0 Å². The first-order valence-electron chi connectivity index (χ1n) is 5.04. The Morgan fingerprint density at radius 2 is 2.57 bits per heavy atom. The van der Waals surface area contributed by atoms with E-state index in [9.17, 15) is 0 Å². The van der Waals surface area contributed by atoms with Crippen LogP contribution in [0, 0.1) is 0 Å². The molecule has 2 heterocycles. The second-order valence-electron chi connectivity index (χ2n) is 3.83. The molecule has 0 bridgehead atoms. The molecule has 2 rings (SSSR count). The standard InChI is InChI=1S/C10H16N2O2/c1-8-4-10(2-3-14-8)12-5-9(6-13)11-7-12/h5,7-8,10,13H,2-4,6H2,1H3. The summed E-state index contributed by atoms with van der Waals surface area (Å²) in [6, 6.07) is 0.478. The van der Waals surface area contributed by atoms with Crippen molar-refractivity contribution >= 4 is 0 Å². The van der Waals surface area contributed by atoms with Gasteiger partial charge in [-0.15, -0.1) is 0 Å². The molecule has 78 valence electrons. The van der Waals surface area contributed by atoms with E-state index in [1.807, 2.05) is 6.20 Å². The molecule has 0 aromatic carbocycles. The van der Waals surface area contributed by atoms with Crippen LogP contribution in [0.1, 0.15) is 31.5 Å². The van der Waals surface area contributed by atoms with Crippen molar-refractivity contribution in [2.24, 2.45) is 0 Å². The molecule has 1 fully saturated rings. The minimum atomic E-state index is 0.0196. The van der Waals surface area contributed by atoms with E-state index in [1.165, 1.54) is 0 Å². The monoisotopic (exact) mass is 196 g/mol. The van der Waals surface area contributed by atoms with Crippen molar-refractivity contribution in [3.8, 4) is 0 Å². The van der Waals surface area contributed by atoms with Gasteiger partial charge >= 0.3 is 0 Å². The topological polar surface area (TPSA) is 47.3 Å². The Hall–Kier alpha value is -0.870. The van der Waals surface area contributed by atoms with E-state index < -0.39 is 0 Å². The smallest absolute Gasteiger partial charge is 0.0953 e. The summed E-state index contributed by atoms with van der Waals surface area (Å²) in [7, 11) is 0. The SMILES string of the molecule is CC1CC(n2cnc(CO)c2)CCO1. The summed E-state index contributed by atoms with van der Waals surface area (Å²) in [6.07, 6.45) is 6.11. The number of hydrogen-bond acceptors (Lipinski definition) is 3. The number of aliphatic hydroxyl groups excluding tert-OH is 1. The van der Waals surface area contributed by atoms with Crippen LogP contribution in [0.25, 0.3) is 0 Å². The summed E-state index contributed by atoms with van der Waals surface area (Å²) in [5.41, 5.74) is 0.740. The molecule has 0 spiro atoms. The lowest BCUT2D eigenvalue weighted by Gasteiger charge is -2.27. The Balaban J connectivity index is 2.06. The number of imidazole rings is 1. The van der Waals surface area contributed by atoms with Crippen molar-refractivity contribution in [3.63, 3.8) is 0 Å². The number of aliphatic hydroxyl groups is 1. The van der Waals surface area contributed by atoms with Gasteiger partial charge in [0, 0.05) is 18.8 Å². The van der Waals surface area contributed by atoms with Crippen LogP contribution in [-0.4, -0.2) is 27.4 Å². The molecule has 1 aliphatic rings. The second kappa shape index (κ2) is 4.11. The average Bonchev–Trinajstić information content (AvgIpc) is 2.66.